The number of aromatic amines is 1. The number of nitrogens with one attached hydrogen (secondary N) is 3. The zero-order valence-corrected chi connectivity index (χ0v) is 10.9. The predicted octanol–water partition coefficient (Wildman–Crippen LogP) is 1.27. The Labute approximate surface area is 106 Å². The number of carbonyl (C=O) groups excluding carboxylic acids is 2. The monoisotopic (exact) mass is 253 g/mol. The lowest BCUT2D eigenvalue weighted by Gasteiger charge is -2.19. The molecule has 1 rings (SSSR count). The van der Waals surface area contributed by atoms with Crippen molar-refractivity contribution in [3.63, 3.8) is 0 Å². The van der Waals surface area contributed by atoms with Gasteiger partial charge in [0, 0.05) is 19.3 Å². The summed E-state index contributed by atoms with van der Waals surface area (Å²) in [5.41, 5.74) is -0.0234. The summed E-state index contributed by atoms with van der Waals surface area (Å²) < 4.78 is 5.05. The van der Waals surface area contributed by atoms with Crippen molar-refractivity contribution in [3.8, 4) is 0 Å². The van der Waals surface area contributed by atoms with E-state index in [1.807, 2.05) is 0 Å². The second kappa shape index (κ2) is 6.09. The Balaban J connectivity index is 2.16. The molecule has 0 aliphatic carbocycles. The average molecular weight is 253 g/mol. The normalized spacial score (nSPS) is 10.8. The summed E-state index contributed by atoms with van der Waals surface area (Å²) in [6.07, 6.45) is 1.19. The number of rotatable bonds is 4. The van der Waals surface area contributed by atoms with Crippen molar-refractivity contribution in [2.45, 2.75) is 26.4 Å². The van der Waals surface area contributed by atoms with Gasteiger partial charge in [-0.2, -0.15) is 0 Å². The summed E-state index contributed by atoms with van der Waals surface area (Å²) >= 11 is 0. The van der Waals surface area contributed by atoms with E-state index in [9.17, 15) is 9.59 Å². The van der Waals surface area contributed by atoms with Gasteiger partial charge in [-0.1, -0.05) is 0 Å². The molecule has 0 aliphatic rings. The van der Waals surface area contributed by atoms with Crippen molar-refractivity contribution < 1.29 is 14.3 Å². The molecule has 0 unspecified atom stereocenters. The molecule has 0 fully saturated rings. The van der Waals surface area contributed by atoms with Gasteiger partial charge < -0.3 is 20.4 Å². The quantitative estimate of drug-likeness (QED) is 0.706. The van der Waals surface area contributed by atoms with Gasteiger partial charge in [-0.3, -0.25) is 4.79 Å². The first-order chi connectivity index (χ1) is 8.38. The van der Waals surface area contributed by atoms with Crippen molar-refractivity contribution in [1.29, 1.82) is 0 Å². The number of aromatic nitrogens is 1. The van der Waals surface area contributed by atoms with Crippen LogP contribution in [0.3, 0.4) is 0 Å². The lowest BCUT2D eigenvalue weighted by Crippen LogP contribution is -2.37. The Bertz CT molecular complexity index is 393. The summed E-state index contributed by atoms with van der Waals surface area (Å²) in [5.74, 6) is -0.203. The van der Waals surface area contributed by atoms with E-state index in [-0.39, 0.29) is 5.91 Å². The zero-order chi connectivity index (χ0) is 13.6. The standard InChI is InChI=1S/C12H19N3O3/c1-12(2,3)18-11(17)15-8-7-14-10(16)9-5-4-6-13-9/h4-6,13H,7-8H2,1-3H3,(H,14,16)(H,15,17). The molecule has 100 valence electrons. The van der Waals surface area contributed by atoms with Crippen LogP contribution in [0.2, 0.25) is 0 Å². The first-order valence-corrected chi connectivity index (χ1v) is 5.77. The highest BCUT2D eigenvalue weighted by Crippen LogP contribution is 2.05. The molecule has 0 atom stereocenters. The van der Waals surface area contributed by atoms with Gasteiger partial charge in [0.05, 0.1) is 0 Å². The zero-order valence-electron chi connectivity index (χ0n) is 10.9. The number of amides is 2. The van der Waals surface area contributed by atoms with Gasteiger partial charge >= 0.3 is 6.09 Å². The molecule has 1 heterocycles. The minimum atomic E-state index is -0.516. The van der Waals surface area contributed by atoms with Gasteiger partial charge in [-0.25, -0.2) is 4.79 Å². The molecule has 6 nitrogen and oxygen atoms in total. The number of H-pyrrole nitrogens is 1. The van der Waals surface area contributed by atoms with Crippen LogP contribution in [0.1, 0.15) is 31.3 Å². The Kier molecular flexibility index (Phi) is 4.76. The lowest BCUT2D eigenvalue weighted by atomic mass is 10.2. The van der Waals surface area contributed by atoms with E-state index in [0.717, 1.165) is 0 Å². The molecule has 6 heteroatoms. The highest BCUT2D eigenvalue weighted by atomic mass is 16.6. The highest BCUT2D eigenvalue weighted by molar-refractivity contribution is 5.92. The van der Waals surface area contributed by atoms with Crippen molar-refractivity contribution in [2.75, 3.05) is 13.1 Å². The number of ether oxygens (including phenoxy) is 1. The van der Waals surface area contributed by atoms with Crippen molar-refractivity contribution in [1.82, 2.24) is 15.6 Å². The lowest BCUT2D eigenvalue weighted by molar-refractivity contribution is 0.0526. The third-order valence-electron chi connectivity index (χ3n) is 1.92. The molecular formula is C12H19N3O3. The second-order valence-corrected chi connectivity index (χ2v) is 4.77. The largest absolute Gasteiger partial charge is 0.444 e. The Morgan fingerprint density at radius 2 is 1.94 bits per heavy atom. The summed E-state index contributed by atoms with van der Waals surface area (Å²) in [6, 6.07) is 3.42. The van der Waals surface area contributed by atoms with E-state index in [1.165, 1.54) is 0 Å². The second-order valence-electron chi connectivity index (χ2n) is 4.77. The smallest absolute Gasteiger partial charge is 0.407 e. The van der Waals surface area contributed by atoms with Gasteiger partial charge in [0.1, 0.15) is 11.3 Å². The Morgan fingerprint density at radius 1 is 1.28 bits per heavy atom. The van der Waals surface area contributed by atoms with Crippen LogP contribution >= 0.6 is 0 Å². The van der Waals surface area contributed by atoms with Crippen LogP contribution in [0, 0.1) is 0 Å². The maximum Gasteiger partial charge on any atom is 0.407 e. The molecule has 3 N–H and O–H groups in total. The van der Waals surface area contributed by atoms with E-state index >= 15 is 0 Å². The minimum Gasteiger partial charge on any atom is -0.444 e. The molecule has 0 spiro atoms. The molecule has 0 radical (unpaired) electrons. The number of alkyl carbamates (subject to hydrolysis) is 1. The molecule has 0 saturated carbocycles. The van der Waals surface area contributed by atoms with E-state index in [2.05, 4.69) is 15.6 Å². The molecule has 1 aromatic rings. The van der Waals surface area contributed by atoms with Gasteiger partial charge in [-0.05, 0) is 32.9 Å². The maximum atomic E-state index is 11.5. The topological polar surface area (TPSA) is 83.2 Å². The molecule has 0 aromatic carbocycles. The SMILES string of the molecule is CC(C)(C)OC(=O)NCCNC(=O)c1ccc[nH]1. The first-order valence-electron chi connectivity index (χ1n) is 5.77. The maximum absolute atomic E-state index is 11.5. The van der Waals surface area contributed by atoms with Crippen LogP contribution in [-0.2, 0) is 4.74 Å². The summed E-state index contributed by atoms with van der Waals surface area (Å²) in [4.78, 5) is 25.6. The summed E-state index contributed by atoms with van der Waals surface area (Å²) in [7, 11) is 0. The molecule has 2 amide bonds. The highest BCUT2D eigenvalue weighted by Gasteiger charge is 2.15. The fourth-order valence-corrected chi connectivity index (χ4v) is 1.22. The molecule has 1 aromatic heterocycles. The van der Waals surface area contributed by atoms with Crippen LogP contribution in [0.15, 0.2) is 18.3 Å². The average Bonchev–Trinajstić information content (AvgIpc) is 2.74. The van der Waals surface area contributed by atoms with E-state index in [0.29, 0.717) is 18.8 Å². The third-order valence-corrected chi connectivity index (χ3v) is 1.92. The van der Waals surface area contributed by atoms with Crippen LogP contribution < -0.4 is 10.6 Å². The van der Waals surface area contributed by atoms with Crippen LogP contribution in [0.4, 0.5) is 4.79 Å². The molecule has 0 bridgehead atoms. The molecular weight excluding hydrogens is 234 g/mol. The van der Waals surface area contributed by atoms with Crippen molar-refractivity contribution in [3.05, 3.63) is 24.0 Å². The summed E-state index contributed by atoms with van der Waals surface area (Å²) in [5, 5.41) is 5.22. The van der Waals surface area contributed by atoms with Crippen LogP contribution in [0.5, 0.6) is 0 Å². The van der Waals surface area contributed by atoms with Gasteiger partial charge in [0.25, 0.3) is 5.91 Å². The Morgan fingerprint density at radius 3 is 2.50 bits per heavy atom. The third kappa shape index (κ3) is 5.38. The van der Waals surface area contributed by atoms with E-state index in [4.69, 9.17) is 4.74 Å². The molecule has 0 aliphatic heterocycles. The van der Waals surface area contributed by atoms with Crippen LogP contribution in [-0.4, -0.2) is 35.7 Å². The van der Waals surface area contributed by atoms with Gasteiger partial charge in [0.2, 0.25) is 0 Å². The first kappa shape index (κ1) is 14.1. The number of hydrogen-bond donors (Lipinski definition) is 3. The fourth-order valence-electron chi connectivity index (χ4n) is 1.22. The van der Waals surface area contributed by atoms with Gasteiger partial charge in [-0.15, -0.1) is 0 Å². The van der Waals surface area contributed by atoms with E-state index in [1.54, 1.807) is 39.1 Å². The van der Waals surface area contributed by atoms with Crippen molar-refractivity contribution >= 4 is 12.0 Å². The molecule has 18 heavy (non-hydrogen) atoms. The fraction of sp³-hybridized carbons (Fsp3) is 0.500. The predicted molar refractivity (Wildman–Crippen MR) is 67.4 cm³/mol. The Hall–Kier alpha value is -1.98. The van der Waals surface area contributed by atoms with Crippen molar-refractivity contribution in [2.24, 2.45) is 0 Å². The van der Waals surface area contributed by atoms with Crippen LogP contribution in [0.25, 0.3) is 0 Å². The number of carbonyl (C=O) groups is 2. The van der Waals surface area contributed by atoms with E-state index < -0.39 is 11.7 Å². The summed E-state index contributed by atoms with van der Waals surface area (Å²) in [6.45, 7) is 6.04. The minimum absolute atomic E-state index is 0.203. The molecule has 0 saturated heterocycles. The van der Waals surface area contributed by atoms with Gasteiger partial charge in [0.15, 0.2) is 0 Å². The number of hydrogen-bond acceptors (Lipinski definition) is 3.